The van der Waals surface area contributed by atoms with Crippen molar-refractivity contribution in [2.45, 2.75) is 0 Å². The zero-order valence-corrected chi connectivity index (χ0v) is 14.8. The van der Waals surface area contributed by atoms with E-state index in [0.717, 1.165) is 38.4 Å². The third-order valence-corrected chi connectivity index (χ3v) is 4.65. The first-order valence-electron chi connectivity index (χ1n) is 8.71. The molecule has 1 saturated heterocycles. The summed E-state index contributed by atoms with van der Waals surface area (Å²) in [5.74, 6) is -0.562. The van der Waals surface area contributed by atoms with Gasteiger partial charge in [-0.15, -0.1) is 0 Å². The van der Waals surface area contributed by atoms with Crippen LogP contribution in [0.2, 0.25) is 0 Å². The first-order chi connectivity index (χ1) is 12.5. The topological polar surface area (TPSA) is 57.6 Å². The minimum absolute atomic E-state index is 0.163. The lowest BCUT2D eigenvalue weighted by atomic mass is 10.2. The molecule has 1 aliphatic rings. The second-order valence-corrected chi connectivity index (χ2v) is 6.40. The summed E-state index contributed by atoms with van der Waals surface area (Å²) < 4.78 is 14.4. The zero-order valence-electron chi connectivity index (χ0n) is 14.8. The van der Waals surface area contributed by atoms with E-state index in [1.165, 1.54) is 16.7 Å². The van der Waals surface area contributed by atoms with Gasteiger partial charge in [-0.05, 0) is 36.4 Å². The Morgan fingerprint density at radius 1 is 1.12 bits per heavy atom. The fourth-order valence-electron chi connectivity index (χ4n) is 3.07. The zero-order chi connectivity index (χ0) is 18.5. The van der Waals surface area contributed by atoms with Gasteiger partial charge in [0.15, 0.2) is 0 Å². The number of rotatable bonds is 5. The molecule has 0 bridgehead atoms. The highest BCUT2D eigenvalue weighted by molar-refractivity contribution is 5.93. The van der Waals surface area contributed by atoms with Gasteiger partial charge in [0.05, 0.1) is 0 Å². The maximum absolute atomic E-state index is 13.0. The lowest BCUT2D eigenvalue weighted by molar-refractivity contribution is 0.0945. The quantitative estimate of drug-likeness (QED) is 0.869. The molecule has 1 aromatic carbocycles. The summed E-state index contributed by atoms with van der Waals surface area (Å²) in [5, 5.41) is 2.81. The number of anilines is 1. The van der Waals surface area contributed by atoms with Crippen LogP contribution in [0, 0.1) is 5.82 Å². The second kappa shape index (κ2) is 8.14. The van der Waals surface area contributed by atoms with E-state index in [1.807, 2.05) is 0 Å². The van der Waals surface area contributed by atoms with Crippen LogP contribution in [-0.4, -0.2) is 54.6 Å². The number of carbonyl (C=O) groups is 1. The Labute approximate surface area is 151 Å². The number of piperazine rings is 1. The van der Waals surface area contributed by atoms with Gasteiger partial charge >= 0.3 is 0 Å². The fraction of sp³-hybridized carbons (Fsp3) is 0.368. The number of amides is 1. The highest BCUT2D eigenvalue weighted by atomic mass is 19.1. The normalized spacial score (nSPS) is 15.1. The number of aromatic nitrogens is 1. The van der Waals surface area contributed by atoms with Crippen molar-refractivity contribution >= 4 is 11.6 Å². The van der Waals surface area contributed by atoms with Gasteiger partial charge in [0.2, 0.25) is 0 Å². The summed E-state index contributed by atoms with van der Waals surface area (Å²) in [4.78, 5) is 28.6. The molecule has 7 heteroatoms. The molecule has 2 aromatic rings. The van der Waals surface area contributed by atoms with E-state index in [4.69, 9.17) is 0 Å². The Bertz CT molecular complexity index is 811. The molecule has 26 heavy (non-hydrogen) atoms. The molecule has 6 nitrogen and oxygen atoms in total. The van der Waals surface area contributed by atoms with Gasteiger partial charge in [-0.1, -0.05) is 0 Å². The summed E-state index contributed by atoms with van der Waals surface area (Å²) >= 11 is 0. The van der Waals surface area contributed by atoms with Crippen molar-refractivity contribution in [2.75, 3.05) is 44.2 Å². The van der Waals surface area contributed by atoms with Crippen molar-refractivity contribution in [3.63, 3.8) is 0 Å². The molecule has 3 rings (SSSR count). The van der Waals surface area contributed by atoms with Crippen LogP contribution < -0.4 is 15.8 Å². The van der Waals surface area contributed by atoms with Crippen LogP contribution in [0.5, 0.6) is 0 Å². The molecule has 0 radical (unpaired) electrons. The largest absolute Gasteiger partial charge is 0.369 e. The predicted octanol–water partition coefficient (Wildman–Crippen LogP) is 1.08. The highest BCUT2D eigenvalue weighted by Crippen LogP contribution is 2.16. The third-order valence-electron chi connectivity index (χ3n) is 4.65. The number of aryl methyl sites for hydroxylation is 1. The number of pyridine rings is 1. The van der Waals surface area contributed by atoms with Crippen molar-refractivity contribution in [2.24, 2.45) is 7.05 Å². The molecule has 0 spiro atoms. The second-order valence-electron chi connectivity index (χ2n) is 6.40. The molecule has 2 heterocycles. The van der Waals surface area contributed by atoms with Crippen LogP contribution in [0.1, 0.15) is 10.4 Å². The molecule has 0 atom stereocenters. The SMILES string of the molecule is Cn1cccc(C(=O)NCCN2CCN(c3ccc(F)cc3)CC2)c1=O. The van der Waals surface area contributed by atoms with Crippen molar-refractivity contribution in [1.82, 2.24) is 14.8 Å². The van der Waals surface area contributed by atoms with Gasteiger partial charge in [-0.25, -0.2) is 4.39 Å². The van der Waals surface area contributed by atoms with E-state index >= 15 is 0 Å². The number of halogens is 1. The molecule has 1 aliphatic heterocycles. The maximum atomic E-state index is 13.0. The Morgan fingerprint density at radius 2 is 1.81 bits per heavy atom. The average molecular weight is 358 g/mol. The van der Waals surface area contributed by atoms with Crippen molar-refractivity contribution in [3.05, 3.63) is 64.3 Å². The summed E-state index contributed by atoms with van der Waals surface area (Å²) in [6, 6.07) is 9.78. The number of hydrogen-bond donors (Lipinski definition) is 1. The molecular weight excluding hydrogens is 335 g/mol. The smallest absolute Gasteiger partial charge is 0.263 e. The minimum atomic E-state index is -0.337. The molecule has 1 amide bonds. The lowest BCUT2D eigenvalue weighted by Crippen LogP contribution is -2.48. The Kier molecular flexibility index (Phi) is 5.68. The first-order valence-corrected chi connectivity index (χ1v) is 8.71. The van der Waals surface area contributed by atoms with E-state index in [2.05, 4.69) is 15.1 Å². The molecule has 138 valence electrons. The van der Waals surface area contributed by atoms with Crippen LogP contribution >= 0.6 is 0 Å². The number of nitrogens with one attached hydrogen (secondary N) is 1. The van der Waals surface area contributed by atoms with E-state index in [-0.39, 0.29) is 22.8 Å². The molecule has 1 fully saturated rings. The van der Waals surface area contributed by atoms with E-state index in [0.29, 0.717) is 6.54 Å². The Hall–Kier alpha value is -2.67. The molecular formula is C19H23FN4O2. The minimum Gasteiger partial charge on any atom is -0.369 e. The molecule has 0 aliphatic carbocycles. The van der Waals surface area contributed by atoms with Crippen molar-refractivity contribution in [3.8, 4) is 0 Å². The summed E-state index contributed by atoms with van der Waals surface area (Å²) in [5.41, 5.74) is 0.897. The van der Waals surface area contributed by atoms with Crippen molar-refractivity contribution in [1.29, 1.82) is 0 Å². The Balaban J connectivity index is 1.44. The number of benzene rings is 1. The predicted molar refractivity (Wildman–Crippen MR) is 99.1 cm³/mol. The van der Waals surface area contributed by atoms with Gasteiger partial charge in [0.25, 0.3) is 11.5 Å². The molecule has 1 N–H and O–H groups in total. The van der Waals surface area contributed by atoms with E-state index in [9.17, 15) is 14.0 Å². The lowest BCUT2D eigenvalue weighted by Gasteiger charge is -2.36. The van der Waals surface area contributed by atoms with Crippen LogP contribution in [-0.2, 0) is 7.05 Å². The molecule has 1 aromatic heterocycles. The number of carbonyl (C=O) groups excluding carboxylic acids is 1. The monoisotopic (exact) mass is 358 g/mol. The highest BCUT2D eigenvalue weighted by Gasteiger charge is 2.17. The van der Waals surface area contributed by atoms with Crippen LogP contribution in [0.15, 0.2) is 47.4 Å². The number of hydrogen-bond acceptors (Lipinski definition) is 4. The summed E-state index contributed by atoms with van der Waals surface area (Å²) in [6.45, 7) is 4.70. The van der Waals surface area contributed by atoms with Gasteiger partial charge in [0, 0.05) is 58.2 Å². The summed E-state index contributed by atoms with van der Waals surface area (Å²) in [7, 11) is 1.62. The first kappa shape index (κ1) is 18.1. The van der Waals surface area contributed by atoms with Crippen LogP contribution in [0.3, 0.4) is 0 Å². The van der Waals surface area contributed by atoms with Gasteiger partial charge in [0.1, 0.15) is 11.4 Å². The van der Waals surface area contributed by atoms with Crippen molar-refractivity contribution < 1.29 is 9.18 Å². The maximum Gasteiger partial charge on any atom is 0.263 e. The molecule has 0 saturated carbocycles. The van der Waals surface area contributed by atoms with Crippen LogP contribution in [0.4, 0.5) is 10.1 Å². The van der Waals surface area contributed by atoms with Gasteiger partial charge in [-0.3, -0.25) is 14.5 Å². The standard InChI is InChI=1S/C19H23FN4O2/c1-22-9-2-3-17(19(22)26)18(25)21-8-10-23-11-13-24(14-12-23)16-6-4-15(20)5-7-16/h2-7,9H,8,10-14H2,1H3,(H,21,25). The number of nitrogens with zero attached hydrogens (tertiary/aromatic N) is 3. The third kappa shape index (κ3) is 4.29. The average Bonchev–Trinajstić information content (AvgIpc) is 2.65. The van der Waals surface area contributed by atoms with E-state index in [1.54, 1.807) is 37.5 Å². The summed E-state index contributed by atoms with van der Waals surface area (Å²) in [6.07, 6.45) is 1.62. The van der Waals surface area contributed by atoms with Gasteiger partial charge < -0.3 is 14.8 Å². The van der Waals surface area contributed by atoms with E-state index < -0.39 is 0 Å². The molecule has 0 unspecified atom stereocenters. The Morgan fingerprint density at radius 3 is 2.50 bits per heavy atom. The van der Waals surface area contributed by atoms with Crippen LogP contribution in [0.25, 0.3) is 0 Å². The van der Waals surface area contributed by atoms with Gasteiger partial charge in [-0.2, -0.15) is 0 Å². The fourth-order valence-corrected chi connectivity index (χ4v) is 3.07.